The lowest BCUT2D eigenvalue weighted by molar-refractivity contribution is 0.414. The molecule has 0 radical (unpaired) electrons. The Kier molecular flexibility index (Phi) is 6.56. The maximum atomic E-state index is 5.25. The first-order valence-electron chi connectivity index (χ1n) is 7.04. The molecule has 0 heterocycles. The van der Waals surface area contributed by atoms with Gasteiger partial charge >= 0.3 is 0 Å². The van der Waals surface area contributed by atoms with Crippen LogP contribution in [-0.4, -0.2) is 7.11 Å². The Morgan fingerprint density at radius 1 is 1.28 bits per heavy atom. The van der Waals surface area contributed by atoms with Crippen molar-refractivity contribution in [3.8, 4) is 5.75 Å². The molecule has 18 heavy (non-hydrogen) atoms. The summed E-state index contributed by atoms with van der Waals surface area (Å²) in [6, 6.07) is 6.29. The highest BCUT2D eigenvalue weighted by atomic mass is 16.5. The van der Waals surface area contributed by atoms with Gasteiger partial charge in [-0.2, -0.15) is 0 Å². The summed E-state index contributed by atoms with van der Waals surface area (Å²) in [6.45, 7) is 8.46. The van der Waals surface area contributed by atoms with Crippen LogP contribution in [-0.2, 0) is 6.42 Å². The van der Waals surface area contributed by atoms with E-state index in [9.17, 15) is 0 Å². The van der Waals surface area contributed by atoms with E-state index in [2.05, 4.69) is 32.6 Å². The average molecular weight is 246 g/mol. The number of benzene rings is 1. The molecular formula is C17H26O. The molecule has 0 saturated carbocycles. The van der Waals surface area contributed by atoms with Crippen LogP contribution in [0.25, 0.3) is 6.08 Å². The van der Waals surface area contributed by atoms with Gasteiger partial charge in [0.1, 0.15) is 5.75 Å². The molecule has 1 heteroatoms. The predicted octanol–water partition coefficient (Wildman–Crippen LogP) is 5.10. The van der Waals surface area contributed by atoms with E-state index in [-0.39, 0.29) is 0 Å². The molecule has 0 aliphatic heterocycles. The van der Waals surface area contributed by atoms with Gasteiger partial charge in [-0.1, -0.05) is 51.8 Å². The van der Waals surface area contributed by atoms with Crippen LogP contribution < -0.4 is 4.74 Å². The number of ether oxygens (including phenoxy) is 1. The van der Waals surface area contributed by atoms with E-state index < -0.39 is 0 Å². The SMILES string of the molecule is C=Cc1cc(OC)ccc1CCC(CC)CCC. The minimum absolute atomic E-state index is 0.856. The lowest BCUT2D eigenvalue weighted by Gasteiger charge is -2.15. The van der Waals surface area contributed by atoms with Crippen molar-refractivity contribution in [2.45, 2.75) is 46.0 Å². The minimum Gasteiger partial charge on any atom is -0.497 e. The first kappa shape index (κ1) is 14.8. The van der Waals surface area contributed by atoms with Gasteiger partial charge in [0.25, 0.3) is 0 Å². The summed E-state index contributed by atoms with van der Waals surface area (Å²) in [6.07, 6.45) is 8.26. The van der Waals surface area contributed by atoms with Gasteiger partial charge < -0.3 is 4.74 Å². The zero-order chi connectivity index (χ0) is 13.4. The Hall–Kier alpha value is -1.24. The summed E-state index contributed by atoms with van der Waals surface area (Å²) < 4.78 is 5.25. The van der Waals surface area contributed by atoms with Crippen molar-refractivity contribution < 1.29 is 4.74 Å². The van der Waals surface area contributed by atoms with Crippen LogP contribution in [0.1, 0.15) is 50.7 Å². The summed E-state index contributed by atoms with van der Waals surface area (Å²) in [7, 11) is 1.70. The molecule has 0 aliphatic rings. The summed E-state index contributed by atoms with van der Waals surface area (Å²) >= 11 is 0. The highest BCUT2D eigenvalue weighted by Gasteiger charge is 2.07. The standard InChI is InChI=1S/C17H26O/c1-5-8-14(6-2)9-10-16-11-12-17(18-4)13-15(16)7-3/h7,11-14H,3,5-6,8-10H2,1-2,4H3. The topological polar surface area (TPSA) is 9.23 Å². The van der Waals surface area contributed by atoms with Crippen molar-refractivity contribution in [3.05, 3.63) is 35.9 Å². The average Bonchev–Trinajstić information content (AvgIpc) is 2.43. The zero-order valence-electron chi connectivity index (χ0n) is 12.0. The molecule has 1 aromatic rings. The van der Waals surface area contributed by atoms with Crippen LogP contribution in [0.15, 0.2) is 24.8 Å². The van der Waals surface area contributed by atoms with E-state index in [0.717, 1.165) is 18.1 Å². The Labute approximate surface area is 112 Å². The monoisotopic (exact) mass is 246 g/mol. The van der Waals surface area contributed by atoms with Crippen molar-refractivity contribution in [2.24, 2.45) is 5.92 Å². The summed E-state index contributed by atoms with van der Waals surface area (Å²) in [4.78, 5) is 0. The van der Waals surface area contributed by atoms with Crippen molar-refractivity contribution in [1.29, 1.82) is 0 Å². The lowest BCUT2D eigenvalue weighted by Crippen LogP contribution is -2.01. The highest BCUT2D eigenvalue weighted by molar-refractivity contribution is 5.54. The third-order valence-corrected chi connectivity index (χ3v) is 3.67. The van der Waals surface area contributed by atoms with Crippen molar-refractivity contribution >= 4 is 6.08 Å². The Morgan fingerprint density at radius 2 is 2.06 bits per heavy atom. The molecule has 1 atom stereocenters. The van der Waals surface area contributed by atoms with Crippen molar-refractivity contribution in [1.82, 2.24) is 0 Å². The predicted molar refractivity (Wildman–Crippen MR) is 80.1 cm³/mol. The van der Waals surface area contributed by atoms with Gasteiger partial charge in [0, 0.05) is 0 Å². The Balaban J connectivity index is 2.68. The van der Waals surface area contributed by atoms with Gasteiger partial charge in [0.2, 0.25) is 0 Å². The van der Waals surface area contributed by atoms with Gasteiger partial charge in [-0.05, 0) is 42.0 Å². The minimum atomic E-state index is 0.856. The number of methoxy groups -OCH3 is 1. The number of rotatable bonds is 8. The van der Waals surface area contributed by atoms with Crippen LogP contribution in [0.3, 0.4) is 0 Å². The van der Waals surface area contributed by atoms with Crippen LogP contribution >= 0.6 is 0 Å². The molecule has 1 aromatic carbocycles. The van der Waals surface area contributed by atoms with Gasteiger partial charge in [-0.25, -0.2) is 0 Å². The molecule has 1 nitrogen and oxygen atoms in total. The molecule has 100 valence electrons. The summed E-state index contributed by atoms with van der Waals surface area (Å²) in [5, 5.41) is 0. The van der Waals surface area contributed by atoms with Crippen molar-refractivity contribution in [3.63, 3.8) is 0 Å². The molecule has 0 spiro atoms. The molecule has 0 saturated heterocycles. The first-order chi connectivity index (χ1) is 8.74. The fourth-order valence-corrected chi connectivity index (χ4v) is 2.44. The molecule has 0 aliphatic carbocycles. The molecule has 0 bridgehead atoms. The van der Waals surface area contributed by atoms with E-state index in [0.29, 0.717) is 0 Å². The third-order valence-electron chi connectivity index (χ3n) is 3.67. The fraction of sp³-hybridized carbons (Fsp3) is 0.529. The molecule has 0 fully saturated rings. The van der Waals surface area contributed by atoms with Crippen LogP contribution in [0.5, 0.6) is 5.75 Å². The molecule has 0 N–H and O–H groups in total. The normalized spacial score (nSPS) is 12.2. The van der Waals surface area contributed by atoms with Gasteiger partial charge in [-0.15, -0.1) is 0 Å². The van der Waals surface area contributed by atoms with Gasteiger partial charge in [0.05, 0.1) is 7.11 Å². The van der Waals surface area contributed by atoms with Crippen LogP contribution in [0.4, 0.5) is 0 Å². The fourth-order valence-electron chi connectivity index (χ4n) is 2.44. The lowest BCUT2D eigenvalue weighted by atomic mass is 9.91. The summed E-state index contributed by atoms with van der Waals surface area (Å²) in [5.74, 6) is 1.77. The number of hydrogen-bond donors (Lipinski definition) is 0. The van der Waals surface area contributed by atoms with Gasteiger partial charge in [-0.3, -0.25) is 0 Å². The first-order valence-corrected chi connectivity index (χ1v) is 7.04. The number of hydrogen-bond acceptors (Lipinski definition) is 1. The van der Waals surface area contributed by atoms with Crippen LogP contribution in [0.2, 0.25) is 0 Å². The zero-order valence-corrected chi connectivity index (χ0v) is 12.0. The number of aryl methyl sites for hydroxylation is 1. The summed E-state index contributed by atoms with van der Waals surface area (Å²) in [5.41, 5.74) is 2.60. The van der Waals surface area contributed by atoms with E-state index in [1.165, 1.54) is 36.8 Å². The van der Waals surface area contributed by atoms with Crippen molar-refractivity contribution in [2.75, 3.05) is 7.11 Å². The second kappa shape index (κ2) is 7.97. The largest absolute Gasteiger partial charge is 0.497 e. The maximum absolute atomic E-state index is 5.25. The molecule has 0 aromatic heterocycles. The van der Waals surface area contributed by atoms with Gasteiger partial charge in [0.15, 0.2) is 0 Å². The second-order valence-electron chi connectivity index (χ2n) is 4.87. The molecular weight excluding hydrogens is 220 g/mol. The molecule has 1 rings (SSSR count). The third kappa shape index (κ3) is 4.21. The smallest absolute Gasteiger partial charge is 0.119 e. The second-order valence-corrected chi connectivity index (χ2v) is 4.87. The Morgan fingerprint density at radius 3 is 2.61 bits per heavy atom. The van der Waals surface area contributed by atoms with Crippen LogP contribution in [0, 0.1) is 5.92 Å². The molecule has 0 amide bonds. The highest BCUT2D eigenvalue weighted by Crippen LogP contribution is 2.23. The molecule has 1 unspecified atom stereocenters. The maximum Gasteiger partial charge on any atom is 0.119 e. The quantitative estimate of drug-likeness (QED) is 0.620. The Bertz CT molecular complexity index is 368. The van der Waals surface area contributed by atoms with E-state index >= 15 is 0 Å². The van der Waals surface area contributed by atoms with E-state index in [1.807, 2.05) is 12.1 Å². The van der Waals surface area contributed by atoms with E-state index in [4.69, 9.17) is 4.74 Å². The van der Waals surface area contributed by atoms with E-state index in [1.54, 1.807) is 7.11 Å².